The molecule has 1 aliphatic heterocycles. The number of ether oxygens (including phenoxy) is 1. The first-order valence-corrected chi connectivity index (χ1v) is 8.66. The topological polar surface area (TPSA) is 46.6 Å². The minimum atomic E-state index is -4.57. The molecule has 0 fully saturated rings. The maximum absolute atomic E-state index is 13.3. The molecule has 0 aliphatic carbocycles. The Bertz CT molecular complexity index is 807. The Morgan fingerprint density at radius 2 is 1.89 bits per heavy atom. The Morgan fingerprint density at radius 3 is 2.44 bits per heavy atom. The lowest BCUT2D eigenvalue weighted by molar-refractivity contribution is -0.138. The summed E-state index contributed by atoms with van der Waals surface area (Å²) in [5, 5.41) is 0. The van der Waals surface area contributed by atoms with Crippen LogP contribution in [0.5, 0.6) is 0 Å². The summed E-state index contributed by atoms with van der Waals surface area (Å²) in [5.41, 5.74) is -0.714. The third-order valence-corrected chi connectivity index (χ3v) is 4.10. The van der Waals surface area contributed by atoms with Crippen molar-refractivity contribution in [3.8, 4) is 0 Å². The van der Waals surface area contributed by atoms with Gasteiger partial charge in [-0.15, -0.1) is 0 Å². The number of alkyl halides is 3. The van der Waals surface area contributed by atoms with E-state index in [1.807, 2.05) is 13.8 Å². The number of carbonyl (C=O) groups excluding carboxylic acids is 2. The van der Waals surface area contributed by atoms with Crippen LogP contribution >= 0.6 is 0 Å². The lowest BCUT2D eigenvalue weighted by atomic mass is 10.00. The summed E-state index contributed by atoms with van der Waals surface area (Å²) >= 11 is 0. The van der Waals surface area contributed by atoms with Crippen molar-refractivity contribution >= 4 is 18.0 Å². The van der Waals surface area contributed by atoms with E-state index in [0.29, 0.717) is 12.2 Å². The van der Waals surface area contributed by atoms with E-state index in [2.05, 4.69) is 0 Å². The number of amides is 1. The first-order chi connectivity index (χ1) is 12.6. The van der Waals surface area contributed by atoms with Gasteiger partial charge < -0.3 is 9.64 Å². The van der Waals surface area contributed by atoms with E-state index in [1.54, 1.807) is 13.8 Å². The van der Waals surface area contributed by atoms with Gasteiger partial charge in [0.15, 0.2) is 0 Å². The number of halogens is 3. The minimum absolute atomic E-state index is 0.0134. The van der Waals surface area contributed by atoms with Crippen LogP contribution < -0.4 is 0 Å². The summed E-state index contributed by atoms with van der Waals surface area (Å²) in [6.45, 7) is 7.49. The third kappa shape index (κ3) is 4.40. The molecule has 0 atom stereocenters. The summed E-state index contributed by atoms with van der Waals surface area (Å²) in [6.07, 6.45) is -3.45. The molecule has 0 saturated heterocycles. The number of hydrogen-bond donors (Lipinski definition) is 0. The third-order valence-electron chi connectivity index (χ3n) is 4.10. The molecule has 27 heavy (non-hydrogen) atoms. The van der Waals surface area contributed by atoms with Crippen LogP contribution in [0.25, 0.3) is 6.08 Å². The molecule has 0 radical (unpaired) electrons. The maximum atomic E-state index is 13.3. The van der Waals surface area contributed by atoms with E-state index < -0.39 is 23.6 Å². The Balaban J connectivity index is 2.61. The molecular weight excluding hydrogens is 359 g/mol. The SMILES string of the molecule is CCOC(=O)C1=C(C)N(CC(C)C)C(=O)/C1=C\c1ccccc1C(F)(F)F. The van der Waals surface area contributed by atoms with Crippen molar-refractivity contribution in [1.82, 2.24) is 4.90 Å². The maximum Gasteiger partial charge on any atom is 0.416 e. The van der Waals surface area contributed by atoms with Gasteiger partial charge in [-0.2, -0.15) is 13.2 Å². The van der Waals surface area contributed by atoms with Crippen molar-refractivity contribution in [1.29, 1.82) is 0 Å². The van der Waals surface area contributed by atoms with E-state index in [0.717, 1.165) is 12.1 Å². The predicted molar refractivity (Wildman–Crippen MR) is 95.3 cm³/mol. The highest BCUT2D eigenvalue weighted by molar-refractivity contribution is 6.16. The molecule has 0 spiro atoms. The van der Waals surface area contributed by atoms with Gasteiger partial charge in [0.2, 0.25) is 0 Å². The van der Waals surface area contributed by atoms with Crippen molar-refractivity contribution in [3.63, 3.8) is 0 Å². The Hall–Kier alpha value is -2.57. The van der Waals surface area contributed by atoms with Crippen molar-refractivity contribution in [2.24, 2.45) is 5.92 Å². The molecule has 0 N–H and O–H groups in total. The molecule has 0 saturated carbocycles. The molecule has 1 aromatic rings. The Morgan fingerprint density at radius 1 is 1.26 bits per heavy atom. The molecule has 0 aromatic heterocycles. The largest absolute Gasteiger partial charge is 0.462 e. The second kappa shape index (κ2) is 7.98. The van der Waals surface area contributed by atoms with E-state index in [4.69, 9.17) is 4.74 Å². The number of carbonyl (C=O) groups is 2. The number of nitrogens with zero attached hydrogens (tertiary/aromatic N) is 1. The van der Waals surface area contributed by atoms with E-state index >= 15 is 0 Å². The Kier molecular flexibility index (Phi) is 6.13. The van der Waals surface area contributed by atoms with Crippen molar-refractivity contribution in [2.45, 2.75) is 33.9 Å². The van der Waals surface area contributed by atoms with Crippen LogP contribution in [-0.4, -0.2) is 29.9 Å². The highest BCUT2D eigenvalue weighted by Gasteiger charge is 2.38. The molecule has 2 rings (SSSR count). The fourth-order valence-corrected chi connectivity index (χ4v) is 2.95. The van der Waals surface area contributed by atoms with Crippen LogP contribution in [-0.2, 0) is 20.5 Å². The van der Waals surface area contributed by atoms with Gasteiger partial charge in [0.1, 0.15) is 0 Å². The molecule has 1 aromatic carbocycles. The zero-order valence-electron chi connectivity index (χ0n) is 15.7. The number of benzene rings is 1. The van der Waals surface area contributed by atoms with E-state index in [-0.39, 0.29) is 29.2 Å². The lowest BCUT2D eigenvalue weighted by Crippen LogP contribution is -2.29. The zero-order chi connectivity index (χ0) is 20.4. The fourth-order valence-electron chi connectivity index (χ4n) is 2.95. The lowest BCUT2D eigenvalue weighted by Gasteiger charge is -2.20. The second-order valence-corrected chi connectivity index (χ2v) is 6.63. The van der Waals surface area contributed by atoms with Crippen LogP contribution in [0.15, 0.2) is 41.1 Å². The van der Waals surface area contributed by atoms with Gasteiger partial charge >= 0.3 is 12.1 Å². The molecule has 1 aliphatic rings. The molecule has 146 valence electrons. The van der Waals surface area contributed by atoms with E-state index in [1.165, 1.54) is 23.1 Å². The van der Waals surface area contributed by atoms with Gasteiger partial charge in [-0.3, -0.25) is 4.79 Å². The second-order valence-electron chi connectivity index (χ2n) is 6.63. The summed E-state index contributed by atoms with van der Waals surface area (Å²) in [6, 6.07) is 4.94. The molecule has 1 heterocycles. The number of rotatable bonds is 5. The summed E-state index contributed by atoms with van der Waals surface area (Å²) in [4.78, 5) is 26.7. The van der Waals surface area contributed by atoms with Crippen molar-refractivity contribution in [2.75, 3.05) is 13.2 Å². The van der Waals surface area contributed by atoms with Gasteiger partial charge in [-0.05, 0) is 37.5 Å². The number of allylic oxidation sites excluding steroid dienone is 1. The summed E-state index contributed by atoms with van der Waals surface area (Å²) < 4.78 is 44.9. The predicted octanol–water partition coefficient (Wildman–Crippen LogP) is 4.42. The van der Waals surface area contributed by atoms with Gasteiger partial charge in [0.05, 0.1) is 23.3 Å². The minimum Gasteiger partial charge on any atom is -0.462 e. The van der Waals surface area contributed by atoms with Crippen LogP contribution in [0.3, 0.4) is 0 Å². The average Bonchev–Trinajstić information content (AvgIpc) is 2.79. The smallest absolute Gasteiger partial charge is 0.416 e. The number of hydrogen-bond acceptors (Lipinski definition) is 3. The van der Waals surface area contributed by atoms with Crippen LogP contribution in [0.1, 0.15) is 38.8 Å². The van der Waals surface area contributed by atoms with Crippen LogP contribution in [0.4, 0.5) is 13.2 Å². The van der Waals surface area contributed by atoms with Crippen LogP contribution in [0, 0.1) is 5.92 Å². The molecule has 0 unspecified atom stereocenters. The van der Waals surface area contributed by atoms with Crippen molar-refractivity contribution < 1.29 is 27.5 Å². The highest BCUT2D eigenvalue weighted by atomic mass is 19.4. The number of esters is 1. The summed E-state index contributed by atoms with van der Waals surface area (Å²) in [5.74, 6) is -1.10. The molecule has 0 bridgehead atoms. The fraction of sp³-hybridized carbons (Fsp3) is 0.400. The Labute approximate surface area is 156 Å². The van der Waals surface area contributed by atoms with Gasteiger partial charge in [0.25, 0.3) is 5.91 Å². The standard InChI is InChI=1S/C20H22F3NO3/c1-5-27-19(26)17-13(4)24(11-12(2)3)18(25)15(17)10-14-8-6-7-9-16(14)20(21,22)23/h6-10,12H,5,11H2,1-4H3/b15-10-. The first-order valence-electron chi connectivity index (χ1n) is 8.66. The van der Waals surface area contributed by atoms with Crippen molar-refractivity contribution in [3.05, 3.63) is 52.2 Å². The normalized spacial score (nSPS) is 16.7. The van der Waals surface area contributed by atoms with Gasteiger partial charge in [-0.25, -0.2) is 4.79 Å². The molecule has 7 heteroatoms. The first kappa shape index (κ1) is 20.7. The monoisotopic (exact) mass is 381 g/mol. The molecule has 1 amide bonds. The average molecular weight is 381 g/mol. The van der Waals surface area contributed by atoms with Gasteiger partial charge in [-0.1, -0.05) is 32.0 Å². The van der Waals surface area contributed by atoms with Gasteiger partial charge in [0, 0.05) is 12.2 Å². The molecular formula is C20H22F3NO3. The van der Waals surface area contributed by atoms with E-state index in [9.17, 15) is 22.8 Å². The summed E-state index contributed by atoms with van der Waals surface area (Å²) in [7, 11) is 0. The quantitative estimate of drug-likeness (QED) is 0.560. The highest BCUT2D eigenvalue weighted by Crippen LogP contribution is 2.36. The van der Waals surface area contributed by atoms with Crippen LogP contribution in [0.2, 0.25) is 0 Å². The molecule has 4 nitrogen and oxygen atoms in total. The zero-order valence-corrected chi connectivity index (χ0v) is 15.7.